The molecule has 1 aliphatic rings. The Balaban J connectivity index is 1.31. The second-order valence-electron chi connectivity index (χ2n) is 7.46. The fraction of sp³-hybridized carbons (Fsp3) is 0.409. The average molecular weight is 350 g/mol. The number of piperidine rings is 1. The first-order valence-corrected chi connectivity index (χ1v) is 9.54. The third kappa shape index (κ3) is 3.61. The third-order valence-electron chi connectivity index (χ3n) is 5.68. The third-order valence-corrected chi connectivity index (χ3v) is 5.68. The van der Waals surface area contributed by atoms with Gasteiger partial charge in [0.15, 0.2) is 5.58 Å². The molecule has 2 aromatic carbocycles. The number of benzene rings is 2. The Bertz CT molecular complexity index is 864. The van der Waals surface area contributed by atoms with E-state index in [1.165, 1.54) is 31.5 Å². The summed E-state index contributed by atoms with van der Waals surface area (Å²) in [6.07, 6.45) is 4.60. The molecule has 4 rings (SSSR count). The predicted molar refractivity (Wildman–Crippen MR) is 103 cm³/mol. The molecule has 1 N–H and O–H groups in total. The van der Waals surface area contributed by atoms with E-state index >= 15 is 0 Å². The van der Waals surface area contributed by atoms with Crippen LogP contribution >= 0.6 is 0 Å². The SMILES string of the molecule is Cc1c(O)ccc2c(CCC3CCN(Cc4ccccc4)CC3)noc12. The van der Waals surface area contributed by atoms with Crippen LogP contribution < -0.4 is 0 Å². The average Bonchev–Trinajstić information content (AvgIpc) is 3.09. The lowest BCUT2D eigenvalue weighted by Crippen LogP contribution is -2.33. The van der Waals surface area contributed by atoms with Gasteiger partial charge in [-0.1, -0.05) is 35.5 Å². The van der Waals surface area contributed by atoms with Gasteiger partial charge in [-0.2, -0.15) is 0 Å². The lowest BCUT2D eigenvalue weighted by Gasteiger charge is -2.31. The fourth-order valence-corrected chi connectivity index (χ4v) is 3.97. The fourth-order valence-electron chi connectivity index (χ4n) is 3.97. The van der Waals surface area contributed by atoms with Crippen LogP contribution in [0.15, 0.2) is 47.0 Å². The highest BCUT2D eigenvalue weighted by molar-refractivity contribution is 5.84. The Hall–Kier alpha value is -2.33. The van der Waals surface area contributed by atoms with E-state index in [0.29, 0.717) is 0 Å². The molecule has 0 saturated carbocycles. The van der Waals surface area contributed by atoms with Gasteiger partial charge in [-0.3, -0.25) is 4.90 Å². The number of fused-ring (bicyclic) bond motifs is 1. The number of aromatic nitrogens is 1. The molecule has 0 aliphatic carbocycles. The second kappa shape index (κ2) is 7.50. The summed E-state index contributed by atoms with van der Waals surface area (Å²) in [4.78, 5) is 2.56. The summed E-state index contributed by atoms with van der Waals surface area (Å²) in [6.45, 7) is 5.28. The smallest absolute Gasteiger partial charge is 0.173 e. The van der Waals surface area contributed by atoms with E-state index in [9.17, 15) is 5.11 Å². The Labute approximate surface area is 154 Å². The van der Waals surface area contributed by atoms with Gasteiger partial charge in [-0.15, -0.1) is 0 Å². The minimum atomic E-state index is 0.269. The zero-order valence-corrected chi connectivity index (χ0v) is 15.3. The van der Waals surface area contributed by atoms with Crippen LogP contribution in [0, 0.1) is 12.8 Å². The van der Waals surface area contributed by atoms with Crippen LogP contribution in [0.2, 0.25) is 0 Å². The topological polar surface area (TPSA) is 49.5 Å². The molecule has 0 atom stereocenters. The molecular formula is C22H26N2O2. The predicted octanol–water partition coefficient (Wildman–Crippen LogP) is 4.69. The Morgan fingerprint density at radius 3 is 2.65 bits per heavy atom. The van der Waals surface area contributed by atoms with Crippen molar-refractivity contribution in [2.24, 2.45) is 5.92 Å². The summed E-state index contributed by atoms with van der Waals surface area (Å²) in [5.74, 6) is 1.03. The van der Waals surface area contributed by atoms with Crippen LogP contribution in [0.1, 0.15) is 36.1 Å². The molecule has 4 nitrogen and oxygen atoms in total. The molecule has 1 aromatic heterocycles. The molecule has 26 heavy (non-hydrogen) atoms. The molecular weight excluding hydrogens is 324 g/mol. The van der Waals surface area contributed by atoms with E-state index in [-0.39, 0.29) is 5.75 Å². The molecule has 0 amide bonds. The number of phenolic OH excluding ortho intramolecular Hbond substituents is 1. The molecule has 4 heteroatoms. The van der Waals surface area contributed by atoms with Crippen molar-refractivity contribution in [3.8, 4) is 5.75 Å². The summed E-state index contributed by atoms with van der Waals surface area (Å²) in [7, 11) is 0. The highest BCUT2D eigenvalue weighted by Gasteiger charge is 2.20. The van der Waals surface area contributed by atoms with Crippen LogP contribution in [-0.2, 0) is 13.0 Å². The van der Waals surface area contributed by atoms with Gasteiger partial charge in [0.2, 0.25) is 0 Å². The maximum absolute atomic E-state index is 9.80. The van der Waals surface area contributed by atoms with Gasteiger partial charge < -0.3 is 9.63 Å². The van der Waals surface area contributed by atoms with Crippen molar-refractivity contribution < 1.29 is 9.63 Å². The van der Waals surface area contributed by atoms with Crippen molar-refractivity contribution in [3.63, 3.8) is 0 Å². The Morgan fingerprint density at radius 1 is 1.12 bits per heavy atom. The Kier molecular flexibility index (Phi) is 4.93. The molecule has 0 spiro atoms. The number of rotatable bonds is 5. The highest BCUT2D eigenvalue weighted by atomic mass is 16.5. The number of nitrogens with zero attached hydrogens (tertiary/aromatic N) is 2. The Morgan fingerprint density at radius 2 is 1.88 bits per heavy atom. The van der Waals surface area contributed by atoms with Crippen molar-refractivity contribution >= 4 is 11.0 Å². The summed E-state index contributed by atoms with van der Waals surface area (Å²) in [5.41, 5.74) is 3.92. The number of aryl methyl sites for hydroxylation is 2. The first kappa shape index (κ1) is 17.1. The van der Waals surface area contributed by atoms with E-state index in [1.54, 1.807) is 6.07 Å². The molecule has 1 fully saturated rings. The standard InChI is InChI=1S/C22H26N2O2/c1-16-21(25)10-8-19-20(23-26-22(16)19)9-7-17-11-13-24(14-12-17)15-18-5-3-2-4-6-18/h2-6,8,10,17,25H,7,9,11-15H2,1H3. The number of hydrogen-bond donors (Lipinski definition) is 1. The first-order chi connectivity index (χ1) is 12.7. The molecule has 136 valence electrons. The van der Waals surface area contributed by atoms with Gasteiger partial charge >= 0.3 is 0 Å². The van der Waals surface area contributed by atoms with Gasteiger partial charge in [0, 0.05) is 17.5 Å². The quantitative estimate of drug-likeness (QED) is 0.725. The van der Waals surface area contributed by atoms with Gasteiger partial charge in [0.1, 0.15) is 5.75 Å². The van der Waals surface area contributed by atoms with Crippen LogP contribution in [0.25, 0.3) is 11.0 Å². The van der Waals surface area contributed by atoms with Crippen molar-refractivity contribution in [1.82, 2.24) is 10.1 Å². The normalized spacial score (nSPS) is 16.3. The lowest BCUT2D eigenvalue weighted by molar-refractivity contribution is 0.172. The van der Waals surface area contributed by atoms with E-state index in [2.05, 4.69) is 40.4 Å². The molecule has 0 unspecified atom stereocenters. The van der Waals surface area contributed by atoms with Crippen molar-refractivity contribution in [3.05, 3.63) is 59.3 Å². The van der Waals surface area contributed by atoms with Crippen LogP contribution in [0.3, 0.4) is 0 Å². The second-order valence-corrected chi connectivity index (χ2v) is 7.46. The summed E-state index contributed by atoms with van der Waals surface area (Å²) >= 11 is 0. The molecule has 0 bridgehead atoms. The minimum Gasteiger partial charge on any atom is -0.508 e. The molecule has 2 heterocycles. The van der Waals surface area contributed by atoms with Gasteiger partial charge in [-0.25, -0.2) is 0 Å². The van der Waals surface area contributed by atoms with Crippen molar-refractivity contribution in [2.45, 2.75) is 39.2 Å². The van der Waals surface area contributed by atoms with E-state index < -0.39 is 0 Å². The monoisotopic (exact) mass is 350 g/mol. The van der Waals surface area contributed by atoms with E-state index in [4.69, 9.17) is 4.52 Å². The van der Waals surface area contributed by atoms with Gasteiger partial charge in [0.25, 0.3) is 0 Å². The van der Waals surface area contributed by atoms with Crippen LogP contribution in [0.5, 0.6) is 5.75 Å². The molecule has 1 saturated heterocycles. The lowest BCUT2D eigenvalue weighted by atomic mass is 9.91. The summed E-state index contributed by atoms with van der Waals surface area (Å²) in [5, 5.41) is 15.1. The van der Waals surface area contributed by atoms with E-state index in [1.807, 2.05) is 13.0 Å². The van der Waals surface area contributed by atoms with Gasteiger partial charge in [0.05, 0.1) is 5.69 Å². The molecule has 1 aliphatic heterocycles. The number of hydrogen-bond acceptors (Lipinski definition) is 4. The highest BCUT2D eigenvalue weighted by Crippen LogP contribution is 2.30. The van der Waals surface area contributed by atoms with Crippen molar-refractivity contribution in [2.75, 3.05) is 13.1 Å². The molecule has 3 aromatic rings. The number of phenols is 1. The van der Waals surface area contributed by atoms with Gasteiger partial charge in [-0.05, 0) is 69.3 Å². The molecule has 0 radical (unpaired) electrons. The zero-order chi connectivity index (χ0) is 17.9. The first-order valence-electron chi connectivity index (χ1n) is 9.54. The summed E-state index contributed by atoms with van der Waals surface area (Å²) in [6, 6.07) is 14.4. The maximum Gasteiger partial charge on any atom is 0.173 e. The maximum atomic E-state index is 9.80. The van der Waals surface area contributed by atoms with Crippen molar-refractivity contribution in [1.29, 1.82) is 0 Å². The van der Waals surface area contributed by atoms with Crippen LogP contribution in [0.4, 0.5) is 0 Å². The largest absolute Gasteiger partial charge is 0.508 e. The van der Waals surface area contributed by atoms with E-state index in [0.717, 1.165) is 47.5 Å². The summed E-state index contributed by atoms with van der Waals surface area (Å²) < 4.78 is 5.47. The number of aromatic hydroxyl groups is 1. The minimum absolute atomic E-state index is 0.269. The zero-order valence-electron chi connectivity index (χ0n) is 15.3. The van der Waals surface area contributed by atoms with Crippen LogP contribution in [-0.4, -0.2) is 28.3 Å². The number of likely N-dealkylation sites (tertiary alicyclic amines) is 1.